The Morgan fingerprint density at radius 1 is 1.16 bits per heavy atom. The second kappa shape index (κ2) is 7.10. The fraction of sp³-hybridized carbons (Fsp3) is 0.800. The van der Waals surface area contributed by atoms with Crippen LogP contribution in [0.4, 0.5) is 0 Å². The van der Waals surface area contributed by atoms with Gasteiger partial charge < -0.3 is 9.80 Å². The summed E-state index contributed by atoms with van der Waals surface area (Å²) in [7, 11) is 1.94. The molecule has 0 bridgehead atoms. The van der Waals surface area contributed by atoms with Gasteiger partial charge in [-0.3, -0.25) is 9.48 Å². The van der Waals surface area contributed by atoms with E-state index in [0.29, 0.717) is 11.8 Å². The van der Waals surface area contributed by atoms with E-state index in [1.807, 2.05) is 17.9 Å². The van der Waals surface area contributed by atoms with Gasteiger partial charge in [0.05, 0.1) is 6.20 Å². The van der Waals surface area contributed by atoms with Crippen LogP contribution in [0.3, 0.4) is 0 Å². The number of hydrogen-bond donors (Lipinski definition) is 0. The van der Waals surface area contributed by atoms with Gasteiger partial charge in [-0.1, -0.05) is 6.92 Å². The summed E-state index contributed by atoms with van der Waals surface area (Å²) in [4.78, 5) is 17.6. The van der Waals surface area contributed by atoms with E-state index < -0.39 is 0 Å². The molecule has 1 aliphatic carbocycles. The highest BCUT2D eigenvalue weighted by atomic mass is 16.2. The number of aryl methyl sites for hydroxylation is 1. The lowest BCUT2D eigenvalue weighted by molar-refractivity contribution is -0.134. The summed E-state index contributed by atoms with van der Waals surface area (Å²) in [6, 6.07) is 0. The molecule has 3 aliphatic rings. The Bertz CT molecular complexity index is 597. The van der Waals surface area contributed by atoms with Crippen LogP contribution in [0.2, 0.25) is 0 Å². The van der Waals surface area contributed by atoms with Gasteiger partial charge in [0.25, 0.3) is 0 Å². The van der Waals surface area contributed by atoms with Crippen molar-refractivity contribution in [3.8, 4) is 0 Å². The van der Waals surface area contributed by atoms with E-state index in [-0.39, 0.29) is 5.92 Å². The SMILES string of the molecule is CC1CCN(CC2CCN(C(=O)[C@@H]3C[C@H]3c3cnn(C)c3)CC2)CC1. The monoisotopic (exact) mass is 344 g/mol. The van der Waals surface area contributed by atoms with Crippen molar-refractivity contribution in [1.29, 1.82) is 0 Å². The molecule has 2 saturated heterocycles. The van der Waals surface area contributed by atoms with E-state index in [2.05, 4.69) is 28.0 Å². The Kier molecular flexibility index (Phi) is 4.85. The highest BCUT2D eigenvalue weighted by Gasteiger charge is 2.46. The normalized spacial score (nSPS) is 29.1. The van der Waals surface area contributed by atoms with E-state index in [1.165, 1.54) is 50.9 Å². The molecule has 1 aromatic heterocycles. The van der Waals surface area contributed by atoms with Crippen molar-refractivity contribution in [2.45, 2.75) is 44.9 Å². The maximum absolute atomic E-state index is 12.8. The van der Waals surface area contributed by atoms with Gasteiger partial charge in [0.2, 0.25) is 5.91 Å². The lowest BCUT2D eigenvalue weighted by Gasteiger charge is -2.37. The molecule has 0 radical (unpaired) electrons. The summed E-state index contributed by atoms with van der Waals surface area (Å²) in [5.74, 6) is 2.70. The van der Waals surface area contributed by atoms with E-state index in [9.17, 15) is 4.79 Å². The number of carbonyl (C=O) groups is 1. The van der Waals surface area contributed by atoms with E-state index in [4.69, 9.17) is 0 Å². The highest BCUT2D eigenvalue weighted by molar-refractivity contribution is 5.83. The molecule has 3 heterocycles. The van der Waals surface area contributed by atoms with Gasteiger partial charge in [-0.15, -0.1) is 0 Å². The van der Waals surface area contributed by atoms with Gasteiger partial charge in [-0.05, 0) is 68.5 Å². The topological polar surface area (TPSA) is 41.4 Å². The third-order valence-electron chi connectivity index (χ3n) is 6.58. The van der Waals surface area contributed by atoms with Crippen LogP contribution in [-0.4, -0.2) is 58.2 Å². The molecule has 0 N–H and O–H groups in total. The molecule has 2 aliphatic heterocycles. The smallest absolute Gasteiger partial charge is 0.226 e. The number of hydrogen-bond acceptors (Lipinski definition) is 3. The second-order valence-electron chi connectivity index (χ2n) is 8.65. The number of piperidine rings is 2. The van der Waals surface area contributed by atoms with Gasteiger partial charge in [0, 0.05) is 38.8 Å². The van der Waals surface area contributed by atoms with Crippen LogP contribution in [0.5, 0.6) is 0 Å². The Morgan fingerprint density at radius 3 is 2.52 bits per heavy atom. The fourth-order valence-electron chi connectivity index (χ4n) is 4.65. The quantitative estimate of drug-likeness (QED) is 0.843. The minimum absolute atomic E-state index is 0.212. The molecule has 25 heavy (non-hydrogen) atoms. The molecule has 3 fully saturated rings. The van der Waals surface area contributed by atoms with Crippen LogP contribution >= 0.6 is 0 Å². The maximum atomic E-state index is 12.8. The maximum Gasteiger partial charge on any atom is 0.226 e. The average molecular weight is 345 g/mol. The number of likely N-dealkylation sites (tertiary alicyclic amines) is 2. The molecule has 0 aromatic carbocycles. The molecule has 4 rings (SSSR count). The van der Waals surface area contributed by atoms with Crippen molar-refractivity contribution in [2.75, 3.05) is 32.7 Å². The lowest BCUT2D eigenvalue weighted by atomic mass is 9.93. The van der Waals surface area contributed by atoms with E-state index in [0.717, 1.165) is 31.3 Å². The molecule has 138 valence electrons. The number of rotatable bonds is 4. The van der Waals surface area contributed by atoms with Crippen molar-refractivity contribution in [3.63, 3.8) is 0 Å². The molecule has 1 aromatic rings. The first kappa shape index (κ1) is 17.1. The summed E-state index contributed by atoms with van der Waals surface area (Å²) in [5, 5.41) is 4.24. The Labute approximate surface area is 151 Å². The minimum Gasteiger partial charge on any atom is -0.342 e. The van der Waals surface area contributed by atoms with Gasteiger partial charge in [-0.2, -0.15) is 5.10 Å². The minimum atomic E-state index is 0.212. The summed E-state index contributed by atoms with van der Waals surface area (Å²) < 4.78 is 1.84. The summed E-state index contributed by atoms with van der Waals surface area (Å²) in [5.41, 5.74) is 1.23. The van der Waals surface area contributed by atoms with E-state index >= 15 is 0 Å². The molecular weight excluding hydrogens is 312 g/mol. The summed E-state index contributed by atoms with van der Waals surface area (Å²) in [6.45, 7) is 8.09. The van der Waals surface area contributed by atoms with Crippen LogP contribution in [0, 0.1) is 17.8 Å². The molecule has 0 spiro atoms. The van der Waals surface area contributed by atoms with Gasteiger partial charge >= 0.3 is 0 Å². The third kappa shape index (κ3) is 3.91. The molecule has 2 atom stereocenters. The zero-order valence-electron chi connectivity index (χ0n) is 15.7. The van der Waals surface area contributed by atoms with Gasteiger partial charge in [0.1, 0.15) is 0 Å². The summed E-state index contributed by atoms with van der Waals surface area (Å²) >= 11 is 0. The first-order valence-corrected chi connectivity index (χ1v) is 10.1. The fourth-order valence-corrected chi connectivity index (χ4v) is 4.65. The molecular formula is C20H32N4O. The first-order chi connectivity index (χ1) is 12.1. The largest absolute Gasteiger partial charge is 0.342 e. The van der Waals surface area contributed by atoms with Crippen LogP contribution < -0.4 is 0 Å². The average Bonchev–Trinajstić information content (AvgIpc) is 3.31. The predicted octanol–water partition coefficient (Wildman–Crippen LogP) is 2.49. The third-order valence-corrected chi connectivity index (χ3v) is 6.58. The van der Waals surface area contributed by atoms with Crippen LogP contribution in [0.25, 0.3) is 0 Å². The van der Waals surface area contributed by atoms with Crippen molar-refractivity contribution < 1.29 is 4.79 Å². The zero-order valence-corrected chi connectivity index (χ0v) is 15.7. The predicted molar refractivity (Wildman–Crippen MR) is 98.2 cm³/mol. The number of aromatic nitrogens is 2. The second-order valence-corrected chi connectivity index (χ2v) is 8.65. The highest BCUT2D eigenvalue weighted by Crippen LogP contribution is 2.48. The van der Waals surface area contributed by atoms with Crippen molar-refractivity contribution >= 4 is 5.91 Å². The molecule has 1 saturated carbocycles. The molecule has 0 unspecified atom stereocenters. The molecule has 5 nitrogen and oxygen atoms in total. The number of nitrogens with zero attached hydrogens (tertiary/aromatic N) is 4. The van der Waals surface area contributed by atoms with E-state index in [1.54, 1.807) is 0 Å². The Balaban J connectivity index is 1.22. The Morgan fingerprint density at radius 2 is 1.88 bits per heavy atom. The number of amides is 1. The zero-order chi connectivity index (χ0) is 17.4. The van der Waals surface area contributed by atoms with Crippen molar-refractivity contribution in [3.05, 3.63) is 18.0 Å². The summed E-state index contributed by atoms with van der Waals surface area (Å²) in [6.07, 6.45) is 10.1. The first-order valence-electron chi connectivity index (χ1n) is 10.1. The van der Waals surface area contributed by atoms with Gasteiger partial charge in [0.15, 0.2) is 0 Å². The van der Waals surface area contributed by atoms with Gasteiger partial charge in [-0.25, -0.2) is 0 Å². The standard InChI is InChI=1S/C20H32N4O/c1-15-3-7-23(8-4-15)13-16-5-9-24(10-6-16)20(25)19-11-18(19)17-12-21-22(2)14-17/h12,14-16,18-19H,3-11,13H2,1-2H3/t18-,19+/m0/s1. The molecule has 5 heteroatoms. The number of carbonyl (C=O) groups excluding carboxylic acids is 1. The Hall–Kier alpha value is -1.36. The van der Waals surface area contributed by atoms with Crippen LogP contribution in [0.1, 0.15) is 50.5 Å². The molecule has 1 amide bonds. The lowest BCUT2D eigenvalue weighted by Crippen LogP contribution is -2.43. The van der Waals surface area contributed by atoms with Crippen molar-refractivity contribution in [2.24, 2.45) is 24.8 Å². The van der Waals surface area contributed by atoms with Crippen molar-refractivity contribution in [1.82, 2.24) is 19.6 Å². The van der Waals surface area contributed by atoms with Crippen LogP contribution in [-0.2, 0) is 11.8 Å². The van der Waals surface area contributed by atoms with Crippen LogP contribution in [0.15, 0.2) is 12.4 Å².